The first-order chi connectivity index (χ1) is 13.0. The van der Waals surface area contributed by atoms with Gasteiger partial charge in [0.1, 0.15) is 11.4 Å². The van der Waals surface area contributed by atoms with Crippen LogP contribution in [0.25, 0.3) is 0 Å². The number of benzene rings is 1. The average Bonchev–Trinajstić information content (AvgIpc) is 3.14. The van der Waals surface area contributed by atoms with Gasteiger partial charge < -0.3 is 14.6 Å². The van der Waals surface area contributed by atoms with Crippen LogP contribution in [0.5, 0.6) is 11.5 Å². The summed E-state index contributed by atoms with van der Waals surface area (Å²) in [6.45, 7) is 0.155. The topological polar surface area (TPSA) is 89.9 Å². The Morgan fingerprint density at radius 1 is 1.11 bits per heavy atom. The van der Waals surface area contributed by atoms with E-state index in [2.05, 4.69) is 0 Å². The molecule has 0 saturated heterocycles. The van der Waals surface area contributed by atoms with E-state index in [1.54, 1.807) is 24.3 Å². The Hall–Kier alpha value is -2.99. The number of ketones is 3. The van der Waals surface area contributed by atoms with Crippen LogP contribution in [0.3, 0.4) is 0 Å². The average molecular weight is 368 g/mol. The SMILES string of the molecule is O=C1C=CC(O)(CCC(=O)CC/C=C/C(=O)c2ccc3c(c2)OCO3)C=C1. The molecule has 0 spiro atoms. The minimum atomic E-state index is -1.24. The monoisotopic (exact) mass is 368 g/mol. The van der Waals surface area contributed by atoms with Gasteiger partial charge in [0, 0.05) is 18.4 Å². The molecule has 0 unspecified atom stereocenters. The smallest absolute Gasteiger partial charge is 0.231 e. The van der Waals surface area contributed by atoms with Crippen LogP contribution >= 0.6 is 0 Å². The first-order valence-electron chi connectivity index (χ1n) is 8.72. The summed E-state index contributed by atoms with van der Waals surface area (Å²) in [6.07, 6.45) is 9.68. The highest BCUT2D eigenvalue weighted by Gasteiger charge is 2.23. The third-order valence-corrected chi connectivity index (χ3v) is 4.39. The van der Waals surface area contributed by atoms with Crippen LogP contribution in [0.15, 0.2) is 54.7 Å². The van der Waals surface area contributed by atoms with Gasteiger partial charge >= 0.3 is 0 Å². The van der Waals surface area contributed by atoms with Crippen LogP contribution in [0.1, 0.15) is 36.0 Å². The Balaban J connectivity index is 1.42. The first kappa shape index (κ1) is 18.8. The van der Waals surface area contributed by atoms with Gasteiger partial charge in [0.15, 0.2) is 23.1 Å². The highest BCUT2D eigenvalue weighted by molar-refractivity contribution is 6.05. The molecule has 27 heavy (non-hydrogen) atoms. The van der Waals surface area contributed by atoms with Crippen LogP contribution in [-0.4, -0.2) is 34.9 Å². The summed E-state index contributed by atoms with van der Waals surface area (Å²) < 4.78 is 10.5. The zero-order chi connectivity index (χ0) is 19.3. The van der Waals surface area contributed by atoms with Gasteiger partial charge in [0.2, 0.25) is 6.79 Å². The molecule has 1 aromatic carbocycles. The highest BCUT2D eigenvalue weighted by atomic mass is 16.7. The molecule has 0 atom stereocenters. The van der Waals surface area contributed by atoms with E-state index in [0.29, 0.717) is 23.5 Å². The number of carbonyl (C=O) groups excluding carboxylic acids is 3. The highest BCUT2D eigenvalue weighted by Crippen LogP contribution is 2.32. The summed E-state index contributed by atoms with van der Waals surface area (Å²) in [5.74, 6) is 0.812. The number of allylic oxidation sites excluding steroid dienone is 4. The summed E-state index contributed by atoms with van der Waals surface area (Å²) in [5, 5.41) is 10.2. The number of fused-ring (bicyclic) bond motifs is 1. The molecule has 6 nitrogen and oxygen atoms in total. The van der Waals surface area contributed by atoms with E-state index in [1.165, 1.54) is 30.4 Å². The van der Waals surface area contributed by atoms with Gasteiger partial charge in [-0.2, -0.15) is 0 Å². The van der Waals surface area contributed by atoms with Crippen molar-refractivity contribution < 1.29 is 29.0 Å². The van der Waals surface area contributed by atoms with Crippen LogP contribution in [-0.2, 0) is 9.59 Å². The molecule has 140 valence electrons. The molecule has 1 N–H and O–H groups in total. The molecule has 2 aliphatic rings. The van der Waals surface area contributed by atoms with E-state index in [-0.39, 0.29) is 43.4 Å². The molecule has 1 heterocycles. The van der Waals surface area contributed by atoms with Crippen molar-refractivity contribution in [3.63, 3.8) is 0 Å². The van der Waals surface area contributed by atoms with Gasteiger partial charge in [-0.15, -0.1) is 0 Å². The Labute approximate surface area is 156 Å². The number of hydrogen-bond acceptors (Lipinski definition) is 6. The molecule has 0 radical (unpaired) electrons. The van der Waals surface area contributed by atoms with Crippen molar-refractivity contribution in [1.82, 2.24) is 0 Å². The van der Waals surface area contributed by atoms with Gasteiger partial charge in [0.25, 0.3) is 0 Å². The maximum absolute atomic E-state index is 12.1. The molecule has 1 aliphatic heterocycles. The normalized spacial score (nSPS) is 16.9. The lowest BCUT2D eigenvalue weighted by molar-refractivity contribution is -0.119. The molecule has 0 amide bonds. The molecule has 0 aromatic heterocycles. The van der Waals surface area contributed by atoms with Crippen molar-refractivity contribution in [2.75, 3.05) is 6.79 Å². The fourth-order valence-corrected chi connectivity index (χ4v) is 2.78. The number of aliphatic hydroxyl groups is 1. The van der Waals surface area contributed by atoms with E-state index in [4.69, 9.17) is 9.47 Å². The van der Waals surface area contributed by atoms with Crippen molar-refractivity contribution in [2.45, 2.75) is 31.3 Å². The minimum absolute atomic E-state index is 0.0118. The molecule has 0 saturated carbocycles. The second-order valence-electron chi connectivity index (χ2n) is 6.47. The minimum Gasteiger partial charge on any atom is -0.454 e. The zero-order valence-electron chi connectivity index (χ0n) is 14.7. The standard InChI is InChI=1S/C21H20O6/c22-16(7-10-21(25)11-8-17(23)9-12-21)3-1-2-4-18(24)15-5-6-19-20(13-15)27-14-26-19/h2,4-6,8-9,11-13,25H,1,3,7,10,14H2/b4-2+. The van der Waals surface area contributed by atoms with Gasteiger partial charge in [-0.05, 0) is 61.4 Å². The van der Waals surface area contributed by atoms with Gasteiger partial charge in [-0.3, -0.25) is 14.4 Å². The summed E-state index contributed by atoms with van der Waals surface area (Å²) in [6, 6.07) is 5.00. The lowest BCUT2D eigenvalue weighted by Crippen LogP contribution is -2.26. The number of hydrogen-bond donors (Lipinski definition) is 1. The van der Waals surface area contributed by atoms with Crippen molar-refractivity contribution in [3.05, 3.63) is 60.2 Å². The van der Waals surface area contributed by atoms with Crippen LogP contribution in [0.2, 0.25) is 0 Å². The fourth-order valence-electron chi connectivity index (χ4n) is 2.78. The maximum Gasteiger partial charge on any atom is 0.231 e. The number of carbonyl (C=O) groups is 3. The van der Waals surface area contributed by atoms with Crippen molar-refractivity contribution >= 4 is 17.3 Å². The third kappa shape index (κ3) is 5.01. The molecule has 6 heteroatoms. The van der Waals surface area contributed by atoms with Crippen molar-refractivity contribution in [1.29, 1.82) is 0 Å². The summed E-state index contributed by atoms with van der Waals surface area (Å²) in [5.41, 5.74) is -0.746. The van der Waals surface area contributed by atoms with Gasteiger partial charge in [-0.25, -0.2) is 0 Å². The zero-order valence-corrected chi connectivity index (χ0v) is 14.7. The number of Topliss-reactive ketones (excluding diaryl/α,β-unsaturated/α-hetero) is 1. The van der Waals surface area contributed by atoms with Crippen molar-refractivity contribution in [2.24, 2.45) is 0 Å². The van der Waals surface area contributed by atoms with E-state index in [0.717, 1.165) is 0 Å². The van der Waals surface area contributed by atoms with E-state index in [1.807, 2.05) is 0 Å². The lowest BCUT2D eigenvalue weighted by Gasteiger charge is -2.21. The van der Waals surface area contributed by atoms with Crippen LogP contribution < -0.4 is 9.47 Å². The lowest BCUT2D eigenvalue weighted by atomic mass is 9.91. The van der Waals surface area contributed by atoms with E-state index >= 15 is 0 Å². The Morgan fingerprint density at radius 2 is 1.85 bits per heavy atom. The second kappa shape index (κ2) is 8.14. The largest absolute Gasteiger partial charge is 0.454 e. The molecular formula is C21H20O6. The van der Waals surface area contributed by atoms with Crippen LogP contribution in [0, 0.1) is 0 Å². The molecule has 1 aromatic rings. The van der Waals surface area contributed by atoms with Gasteiger partial charge in [-0.1, -0.05) is 6.08 Å². The second-order valence-corrected chi connectivity index (χ2v) is 6.47. The predicted octanol–water partition coefficient (Wildman–Crippen LogP) is 2.71. The first-order valence-corrected chi connectivity index (χ1v) is 8.72. The molecule has 0 bridgehead atoms. The van der Waals surface area contributed by atoms with E-state index < -0.39 is 5.60 Å². The maximum atomic E-state index is 12.1. The quantitative estimate of drug-likeness (QED) is 0.560. The molecule has 1 aliphatic carbocycles. The Kier molecular flexibility index (Phi) is 5.66. The molecule has 3 rings (SSSR count). The third-order valence-electron chi connectivity index (χ3n) is 4.39. The van der Waals surface area contributed by atoms with Crippen LogP contribution in [0.4, 0.5) is 0 Å². The Bertz CT molecular complexity index is 830. The number of rotatable bonds is 8. The Morgan fingerprint density at radius 3 is 2.63 bits per heavy atom. The summed E-state index contributed by atoms with van der Waals surface area (Å²) >= 11 is 0. The predicted molar refractivity (Wildman–Crippen MR) is 97.7 cm³/mol. The molecule has 0 fully saturated rings. The summed E-state index contributed by atoms with van der Waals surface area (Å²) in [4.78, 5) is 35.2. The van der Waals surface area contributed by atoms with E-state index in [9.17, 15) is 19.5 Å². The van der Waals surface area contributed by atoms with Gasteiger partial charge in [0.05, 0.1) is 0 Å². The number of ether oxygens (including phenoxy) is 2. The van der Waals surface area contributed by atoms with Crippen molar-refractivity contribution in [3.8, 4) is 11.5 Å². The summed E-state index contributed by atoms with van der Waals surface area (Å²) in [7, 11) is 0. The molecular weight excluding hydrogens is 348 g/mol. The fraction of sp³-hybridized carbons (Fsp3) is 0.286.